The minimum absolute atomic E-state index is 0.866. The third-order valence-corrected chi connectivity index (χ3v) is 1.89. The van der Waals surface area contributed by atoms with E-state index >= 15 is 0 Å². The van der Waals surface area contributed by atoms with Crippen LogP contribution in [0.5, 0.6) is 0 Å². The summed E-state index contributed by atoms with van der Waals surface area (Å²) in [7, 11) is 0. The van der Waals surface area contributed by atoms with Crippen LogP contribution >= 0.6 is 0 Å². The smallest absolute Gasteiger partial charge is 0.0272 e. The van der Waals surface area contributed by atoms with Gasteiger partial charge < -0.3 is 0 Å². The molecule has 0 aromatic heterocycles. The Morgan fingerprint density at radius 3 is 2.55 bits per heavy atom. The summed E-state index contributed by atoms with van der Waals surface area (Å²) in [5.41, 5.74) is 4.49. The number of rotatable bonds is 4. The van der Waals surface area contributed by atoms with E-state index < -0.39 is 0 Å². The molecule has 0 aromatic carbocycles. The van der Waals surface area contributed by atoms with E-state index in [1.807, 2.05) is 0 Å². The zero-order valence-electron chi connectivity index (χ0n) is 8.28. The fraction of sp³-hybridized carbons (Fsp3) is 0.727. The van der Waals surface area contributed by atoms with Crippen molar-refractivity contribution in [1.82, 2.24) is 0 Å². The molecule has 0 heterocycles. The number of hydrogen-bond donors (Lipinski definition) is 0. The second-order valence-corrected chi connectivity index (χ2v) is 3.44. The molecule has 0 fully saturated rings. The number of hydrogen-bond acceptors (Lipinski definition) is 0. The summed E-state index contributed by atoms with van der Waals surface area (Å²) in [4.78, 5) is 0. The van der Waals surface area contributed by atoms with Gasteiger partial charge >= 0.3 is 0 Å². The van der Waals surface area contributed by atoms with E-state index in [4.69, 9.17) is 0 Å². The molecule has 0 aliphatic carbocycles. The second-order valence-electron chi connectivity index (χ2n) is 3.44. The summed E-state index contributed by atoms with van der Waals surface area (Å²) in [5.74, 6) is 0.866. The molecule has 1 atom stereocenters. The Balaban J connectivity index is 3.49. The van der Waals surface area contributed by atoms with Crippen LogP contribution < -0.4 is 0 Å². The van der Waals surface area contributed by atoms with E-state index in [0.717, 1.165) is 5.92 Å². The SMILES string of the molecule is CCC(C)CCC=C=C(C)C. The van der Waals surface area contributed by atoms with E-state index in [9.17, 15) is 0 Å². The zero-order valence-corrected chi connectivity index (χ0v) is 8.28. The molecule has 0 radical (unpaired) electrons. The van der Waals surface area contributed by atoms with E-state index in [2.05, 4.69) is 39.5 Å². The van der Waals surface area contributed by atoms with Crippen molar-refractivity contribution in [2.24, 2.45) is 5.92 Å². The molecule has 0 bridgehead atoms. The van der Waals surface area contributed by atoms with Gasteiger partial charge in [0, 0.05) is 0 Å². The lowest BCUT2D eigenvalue weighted by atomic mass is 10.0. The molecule has 0 spiro atoms. The summed E-state index contributed by atoms with van der Waals surface area (Å²) >= 11 is 0. The van der Waals surface area contributed by atoms with Gasteiger partial charge in [0.15, 0.2) is 0 Å². The molecule has 0 saturated heterocycles. The minimum atomic E-state index is 0.866. The second kappa shape index (κ2) is 6.24. The molecule has 0 aliphatic heterocycles. The maximum Gasteiger partial charge on any atom is -0.0272 e. The standard InChI is InChI=1S/C11H20/c1-5-11(4)9-7-6-8-10(2)3/h6,11H,5,7,9H2,1-4H3. The van der Waals surface area contributed by atoms with E-state index in [1.165, 1.54) is 24.8 Å². The van der Waals surface area contributed by atoms with Gasteiger partial charge in [-0.15, -0.1) is 5.73 Å². The molecule has 0 aliphatic rings. The largest absolute Gasteiger partial charge is 0.127 e. The molecular weight excluding hydrogens is 132 g/mol. The molecule has 0 heteroatoms. The first-order chi connectivity index (χ1) is 5.16. The van der Waals surface area contributed by atoms with Crippen molar-refractivity contribution in [3.05, 3.63) is 17.4 Å². The van der Waals surface area contributed by atoms with Crippen LogP contribution in [0.2, 0.25) is 0 Å². The van der Waals surface area contributed by atoms with Gasteiger partial charge in [-0.05, 0) is 44.3 Å². The summed E-state index contributed by atoms with van der Waals surface area (Å²) in [5, 5.41) is 0. The van der Waals surface area contributed by atoms with Crippen LogP contribution in [0.25, 0.3) is 0 Å². The van der Waals surface area contributed by atoms with Crippen LogP contribution in [-0.4, -0.2) is 0 Å². The minimum Gasteiger partial charge on any atom is -0.127 e. The van der Waals surface area contributed by atoms with Gasteiger partial charge in [-0.2, -0.15) is 0 Å². The van der Waals surface area contributed by atoms with Crippen LogP contribution in [0.15, 0.2) is 17.4 Å². The van der Waals surface area contributed by atoms with Crippen molar-refractivity contribution < 1.29 is 0 Å². The molecule has 0 amide bonds. The van der Waals surface area contributed by atoms with E-state index in [1.54, 1.807) is 0 Å². The topological polar surface area (TPSA) is 0 Å². The maximum atomic E-state index is 3.22. The first kappa shape index (κ1) is 10.5. The summed E-state index contributed by atoms with van der Waals surface area (Å²) in [6.07, 6.45) is 5.93. The molecule has 0 saturated carbocycles. The lowest BCUT2D eigenvalue weighted by Gasteiger charge is -2.03. The van der Waals surface area contributed by atoms with Crippen LogP contribution in [0.1, 0.15) is 47.0 Å². The lowest BCUT2D eigenvalue weighted by Crippen LogP contribution is -1.89. The first-order valence-electron chi connectivity index (χ1n) is 4.55. The Labute approximate surface area is 71.0 Å². The Hall–Kier alpha value is -0.480. The van der Waals surface area contributed by atoms with Crippen molar-refractivity contribution in [3.63, 3.8) is 0 Å². The summed E-state index contributed by atoms with van der Waals surface area (Å²) in [6.45, 7) is 8.71. The van der Waals surface area contributed by atoms with Crippen molar-refractivity contribution >= 4 is 0 Å². The highest BCUT2D eigenvalue weighted by molar-refractivity contribution is 4.93. The molecular formula is C11H20. The Bertz CT molecular complexity index is 143. The average molecular weight is 152 g/mol. The first-order valence-corrected chi connectivity index (χ1v) is 4.55. The Kier molecular flexibility index (Phi) is 5.97. The van der Waals surface area contributed by atoms with Gasteiger partial charge in [0.1, 0.15) is 0 Å². The Morgan fingerprint density at radius 1 is 1.45 bits per heavy atom. The monoisotopic (exact) mass is 152 g/mol. The lowest BCUT2D eigenvalue weighted by molar-refractivity contribution is 0.522. The van der Waals surface area contributed by atoms with Crippen molar-refractivity contribution in [2.45, 2.75) is 47.0 Å². The van der Waals surface area contributed by atoms with Gasteiger partial charge in [0.2, 0.25) is 0 Å². The highest BCUT2D eigenvalue weighted by Gasteiger charge is 1.94. The van der Waals surface area contributed by atoms with Crippen LogP contribution in [0, 0.1) is 5.92 Å². The van der Waals surface area contributed by atoms with Crippen LogP contribution in [0.3, 0.4) is 0 Å². The van der Waals surface area contributed by atoms with Gasteiger partial charge in [-0.25, -0.2) is 0 Å². The quantitative estimate of drug-likeness (QED) is 0.535. The van der Waals surface area contributed by atoms with Crippen LogP contribution in [0.4, 0.5) is 0 Å². The molecule has 11 heavy (non-hydrogen) atoms. The Morgan fingerprint density at radius 2 is 2.09 bits per heavy atom. The van der Waals surface area contributed by atoms with Crippen molar-refractivity contribution in [3.8, 4) is 0 Å². The summed E-state index contributed by atoms with van der Waals surface area (Å²) < 4.78 is 0. The highest BCUT2D eigenvalue weighted by atomic mass is 14.0. The fourth-order valence-corrected chi connectivity index (χ4v) is 0.848. The summed E-state index contributed by atoms with van der Waals surface area (Å²) in [6, 6.07) is 0. The van der Waals surface area contributed by atoms with Gasteiger partial charge in [-0.1, -0.05) is 20.3 Å². The number of allylic oxidation sites excluding steroid dienone is 1. The van der Waals surface area contributed by atoms with Crippen molar-refractivity contribution in [2.75, 3.05) is 0 Å². The fourth-order valence-electron chi connectivity index (χ4n) is 0.848. The molecule has 0 rings (SSSR count). The average Bonchev–Trinajstić information content (AvgIpc) is 1.97. The molecule has 1 unspecified atom stereocenters. The third-order valence-electron chi connectivity index (χ3n) is 1.89. The van der Waals surface area contributed by atoms with Gasteiger partial charge in [0.25, 0.3) is 0 Å². The third kappa shape index (κ3) is 7.42. The maximum absolute atomic E-state index is 3.22. The molecule has 0 nitrogen and oxygen atoms in total. The normalized spacial score (nSPS) is 12.0. The van der Waals surface area contributed by atoms with Crippen LogP contribution in [-0.2, 0) is 0 Å². The molecule has 0 N–H and O–H groups in total. The predicted molar refractivity (Wildman–Crippen MR) is 51.6 cm³/mol. The van der Waals surface area contributed by atoms with Gasteiger partial charge in [-0.3, -0.25) is 0 Å². The zero-order chi connectivity index (χ0) is 8.69. The van der Waals surface area contributed by atoms with Crippen molar-refractivity contribution in [1.29, 1.82) is 0 Å². The predicted octanol–water partition coefficient (Wildman–Crippen LogP) is 3.93. The van der Waals surface area contributed by atoms with E-state index in [-0.39, 0.29) is 0 Å². The van der Waals surface area contributed by atoms with Gasteiger partial charge in [0.05, 0.1) is 0 Å². The van der Waals surface area contributed by atoms with E-state index in [0.29, 0.717) is 0 Å². The molecule has 64 valence electrons. The highest BCUT2D eigenvalue weighted by Crippen LogP contribution is 2.09. The molecule has 0 aromatic rings.